The van der Waals surface area contributed by atoms with Crippen LogP contribution >= 0.6 is 15.9 Å². The standard InChI is InChI=1S/C15H23BrN2/c1-2-18(14-5-3-4-6-14)15-8-7-13(16)11-12(15)9-10-17/h7-8,11,14H,2-6,9-10,17H2,1H3. The Labute approximate surface area is 119 Å². The second-order valence-electron chi connectivity index (χ2n) is 5.04. The summed E-state index contributed by atoms with van der Waals surface area (Å²) in [6.45, 7) is 4.06. The number of hydrogen-bond acceptors (Lipinski definition) is 2. The van der Waals surface area contributed by atoms with Gasteiger partial charge in [-0.05, 0) is 56.5 Å². The van der Waals surface area contributed by atoms with Gasteiger partial charge >= 0.3 is 0 Å². The van der Waals surface area contributed by atoms with E-state index >= 15 is 0 Å². The van der Waals surface area contributed by atoms with E-state index in [0.717, 1.165) is 23.5 Å². The van der Waals surface area contributed by atoms with Gasteiger partial charge in [-0.3, -0.25) is 0 Å². The quantitative estimate of drug-likeness (QED) is 0.898. The van der Waals surface area contributed by atoms with Crippen molar-refractivity contribution in [2.75, 3.05) is 18.0 Å². The lowest BCUT2D eigenvalue weighted by molar-refractivity contribution is 0.617. The van der Waals surface area contributed by atoms with Crippen LogP contribution in [0.4, 0.5) is 5.69 Å². The van der Waals surface area contributed by atoms with Crippen LogP contribution in [0.3, 0.4) is 0 Å². The van der Waals surface area contributed by atoms with Gasteiger partial charge in [0.05, 0.1) is 0 Å². The fraction of sp³-hybridized carbons (Fsp3) is 0.600. The monoisotopic (exact) mass is 310 g/mol. The van der Waals surface area contributed by atoms with Crippen LogP contribution in [0.1, 0.15) is 38.2 Å². The van der Waals surface area contributed by atoms with Gasteiger partial charge in [0.15, 0.2) is 0 Å². The zero-order chi connectivity index (χ0) is 13.0. The molecular weight excluding hydrogens is 288 g/mol. The van der Waals surface area contributed by atoms with Crippen LogP contribution in [0.15, 0.2) is 22.7 Å². The first kappa shape index (κ1) is 13.9. The number of benzene rings is 1. The van der Waals surface area contributed by atoms with Crippen molar-refractivity contribution < 1.29 is 0 Å². The lowest BCUT2D eigenvalue weighted by atomic mass is 10.1. The summed E-state index contributed by atoms with van der Waals surface area (Å²) in [6, 6.07) is 7.34. The van der Waals surface area contributed by atoms with Crippen molar-refractivity contribution in [2.45, 2.75) is 45.1 Å². The molecule has 0 unspecified atom stereocenters. The van der Waals surface area contributed by atoms with E-state index in [4.69, 9.17) is 5.73 Å². The fourth-order valence-electron chi connectivity index (χ4n) is 3.03. The smallest absolute Gasteiger partial charge is 0.0402 e. The van der Waals surface area contributed by atoms with Gasteiger partial charge in [0, 0.05) is 22.7 Å². The highest BCUT2D eigenvalue weighted by molar-refractivity contribution is 9.10. The minimum absolute atomic E-state index is 0.714. The SMILES string of the molecule is CCN(c1ccc(Br)cc1CCN)C1CCCC1. The molecule has 1 aromatic rings. The molecule has 3 heteroatoms. The molecule has 0 atom stereocenters. The van der Waals surface area contributed by atoms with Crippen LogP contribution < -0.4 is 10.6 Å². The molecule has 0 amide bonds. The maximum Gasteiger partial charge on any atom is 0.0402 e. The van der Waals surface area contributed by atoms with Gasteiger partial charge < -0.3 is 10.6 Å². The van der Waals surface area contributed by atoms with Crippen LogP contribution in [0.25, 0.3) is 0 Å². The van der Waals surface area contributed by atoms with E-state index in [1.54, 1.807) is 0 Å². The van der Waals surface area contributed by atoms with E-state index in [1.165, 1.54) is 36.9 Å². The third-order valence-corrected chi connectivity index (χ3v) is 4.36. The highest BCUT2D eigenvalue weighted by Crippen LogP contribution is 2.31. The van der Waals surface area contributed by atoms with Crippen LogP contribution in [0, 0.1) is 0 Å². The minimum atomic E-state index is 0.714. The molecule has 1 aliphatic carbocycles. The molecule has 0 radical (unpaired) electrons. The minimum Gasteiger partial charge on any atom is -0.369 e. The van der Waals surface area contributed by atoms with Gasteiger partial charge in [-0.2, -0.15) is 0 Å². The largest absolute Gasteiger partial charge is 0.369 e. The Bertz CT molecular complexity index is 386. The molecule has 2 N–H and O–H groups in total. The number of nitrogens with two attached hydrogens (primary N) is 1. The summed E-state index contributed by atoms with van der Waals surface area (Å²) >= 11 is 3.56. The van der Waals surface area contributed by atoms with E-state index < -0.39 is 0 Å². The molecule has 1 fully saturated rings. The molecule has 1 saturated carbocycles. The third kappa shape index (κ3) is 3.07. The lowest BCUT2D eigenvalue weighted by Crippen LogP contribution is -2.33. The van der Waals surface area contributed by atoms with Crippen molar-refractivity contribution in [1.82, 2.24) is 0 Å². The van der Waals surface area contributed by atoms with Gasteiger partial charge in [-0.1, -0.05) is 28.8 Å². The Morgan fingerprint density at radius 3 is 2.67 bits per heavy atom. The molecular formula is C15H23BrN2. The molecule has 18 heavy (non-hydrogen) atoms. The zero-order valence-corrected chi connectivity index (χ0v) is 12.7. The molecule has 2 rings (SSSR count). The molecule has 0 aliphatic heterocycles. The van der Waals surface area contributed by atoms with Gasteiger partial charge in [-0.25, -0.2) is 0 Å². The number of nitrogens with zero attached hydrogens (tertiary/aromatic N) is 1. The Morgan fingerprint density at radius 2 is 2.06 bits per heavy atom. The second kappa shape index (κ2) is 6.58. The highest BCUT2D eigenvalue weighted by Gasteiger charge is 2.23. The first-order chi connectivity index (χ1) is 8.76. The maximum atomic E-state index is 5.74. The molecule has 0 saturated heterocycles. The Kier molecular flexibility index (Phi) is 5.07. The number of rotatable bonds is 5. The van der Waals surface area contributed by atoms with Crippen LogP contribution in [0.5, 0.6) is 0 Å². The van der Waals surface area contributed by atoms with E-state index in [9.17, 15) is 0 Å². The summed E-state index contributed by atoms with van der Waals surface area (Å²) in [5.74, 6) is 0. The van der Waals surface area contributed by atoms with Gasteiger partial charge in [-0.15, -0.1) is 0 Å². The van der Waals surface area contributed by atoms with Crippen molar-refractivity contribution in [1.29, 1.82) is 0 Å². The van der Waals surface area contributed by atoms with Crippen LogP contribution in [0.2, 0.25) is 0 Å². The summed E-state index contributed by atoms with van der Waals surface area (Å²) in [5.41, 5.74) is 8.50. The van der Waals surface area contributed by atoms with Gasteiger partial charge in [0.1, 0.15) is 0 Å². The summed E-state index contributed by atoms with van der Waals surface area (Å²) in [6.07, 6.45) is 6.39. The summed E-state index contributed by atoms with van der Waals surface area (Å²) in [4.78, 5) is 2.57. The summed E-state index contributed by atoms with van der Waals surface area (Å²) in [5, 5.41) is 0. The molecule has 2 nitrogen and oxygen atoms in total. The molecule has 1 aliphatic rings. The normalized spacial score (nSPS) is 16.2. The van der Waals surface area contributed by atoms with E-state index in [2.05, 4.69) is 46.0 Å². The van der Waals surface area contributed by atoms with E-state index in [0.29, 0.717) is 6.54 Å². The number of anilines is 1. The average Bonchev–Trinajstić information content (AvgIpc) is 2.87. The first-order valence-corrected chi connectivity index (χ1v) is 7.80. The van der Waals surface area contributed by atoms with Crippen LogP contribution in [-0.4, -0.2) is 19.1 Å². The van der Waals surface area contributed by atoms with E-state index in [1.807, 2.05) is 0 Å². The summed E-state index contributed by atoms with van der Waals surface area (Å²) < 4.78 is 1.15. The highest BCUT2D eigenvalue weighted by atomic mass is 79.9. The molecule has 0 bridgehead atoms. The topological polar surface area (TPSA) is 29.3 Å². The molecule has 0 aromatic heterocycles. The van der Waals surface area contributed by atoms with E-state index in [-0.39, 0.29) is 0 Å². The van der Waals surface area contributed by atoms with Crippen LogP contribution in [-0.2, 0) is 6.42 Å². The van der Waals surface area contributed by atoms with Crippen molar-refractivity contribution in [2.24, 2.45) is 5.73 Å². The number of halogens is 1. The fourth-order valence-corrected chi connectivity index (χ4v) is 3.44. The van der Waals surface area contributed by atoms with Crippen molar-refractivity contribution >= 4 is 21.6 Å². The van der Waals surface area contributed by atoms with Crippen molar-refractivity contribution in [3.05, 3.63) is 28.2 Å². The van der Waals surface area contributed by atoms with Crippen molar-refractivity contribution in [3.8, 4) is 0 Å². The third-order valence-electron chi connectivity index (χ3n) is 3.87. The predicted molar refractivity (Wildman–Crippen MR) is 82.2 cm³/mol. The Balaban J connectivity index is 2.28. The Hall–Kier alpha value is -0.540. The lowest BCUT2D eigenvalue weighted by Gasteiger charge is -2.32. The maximum absolute atomic E-state index is 5.74. The van der Waals surface area contributed by atoms with Gasteiger partial charge in [0.25, 0.3) is 0 Å². The molecule has 100 valence electrons. The first-order valence-electron chi connectivity index (χ1n) is 7.01. The molecule has 0 spiro atoms. The van der Waals surface area contributed by atoms with Crippen molar-refractivity contribution in [3.63, 3.8) is 0 Å². The predicted octanol–water partition coefficient (Wildman–Crippen LogP) is 3.72. The number of hydrogen-bond donors (Lipinski definition) is 1. The molecule has 0 heterocycles. The second-order valence-corrected chi connectivity index (χ2v) is 5.95. The van der Waals surface area contributed by atoms with Gasteiger partial charge in [0.2, 0.25) is 0 Å². The average molecular weight is 311 g/mol. The summed E-state index contributed by atoms with van der Waals surface area (Å²) in [7, 11) is 0. The Morgan fingerprint density at radius 1 is 1.33 bits per heavy atom. The zero-order valence-electron chi connectivity index (χ0n) is 11.2. The molecule has 1 aromatic carbocycles.